The summed E-state index contributed by atoms with van der Waals surface area (Å²) < 4.78 is 5.10. The lowest BCUT2D eigenvalue weighted by molar-refractivity contribution is 0.415. The number of hydrogen-bond acceptors (Lipinski definition) is 5. The predicted molar refractivity (Wildman–Crippen MR) is 64.1 cm³/mol. The van der Waals surface area contributed by atoms with E-state index in [-0.39, 0.29) is 5.84 Å². The van der Waals surface area contributed by atoms with E-state index in [9.17, 15) is 0 Å². The molecule has 6 nitrogen and oxygen atoms in total. The van der Waals surface area contributed by atoms with Gasteiger partial charge in [0.2, 0.25) is 0 Å². The second-order valence-electron chi connectivity index (χ2n) is 2.67. The van der Waals surface area contributed by atoms with E-state index in [2.05, 4.69) is 11.0 Å². The standard InChI is InChI=1S/C9H12N4O.CH5N/c1-7(10)13(12-11)8-5-3-4-6-9(8)14-2;1-2/h3-6,10-11H,1-2H3;2H2,1H3. The van der Waals surface area contributed by atoms with Crippen LogP contribution >= 0.6 is 0 Å². The minimum absolute atomic E-state index is 0.171. The van der Waals surface area contributed by atoms with Crippen LogP contribution in [0.3, 0.4) is 0 Å². The molecule has 6 heteroatoms. The van der Waals surface area contributed by atoms with Gasteiger partial charge in [-0.1, -0.05) is 17.4 Å². The Labute approximate surface area is 95.0 Å². The summed E-state index contributed by atoms with van der Waals surface area (Å²) >= 11 is 0. The summed E-state index contributed by atoms with van der Waals surface area (Å²) in [6.45, 7) is 1.56. The fraction of sp³-hybridized carbons (Fsp3) is 0.300. The van der Waals surface area contributed by atoms with Crippen molar-refractivity contribution in [2.24, 2.45) is 11.0 Å². The third-order valence-corrected chi connectivity index (χ3v) is 1.73. The van der Waals surface area contributed by atoms with Gasteiger partial charge in [-0.15, -0.1) is 0 Å². The van der Waals surface area contributed by atoms with Crippen LogP contribution in [0.5, 0.6) is 5.75 Å². The van der Waals surface area contributed by atoms with E-state index in [0.29, 0.717) is 11.4 Å². The lowest BCUT2D eigenvalue weighted by Crippen LogP contribution is -2.21. The molecule has 0 amide bonds. The zero-order valence-electron chi connectivity index (χ0n) is 9.69. The molecule has 0 aliphatic carbocycles. The highest BCUT2D eigenvalue weighted by Crippen LogP contribution is 2.27. The van der Waals surface area contributed by atoms with Gasteiger partial charge in [0.1, 0.15) is 17.3 Å². The molecule has 0 radical (unpaired) electrons. The molecule has 0 unspecified atom stereocenters. The molecule has 1 aromatic carbocycles. The number of methoxy groups -OCH3 is 1. The zero-order chi connectivity index (χ0) is 12.6. The van der Waals surface area contributed by atoms with Crippen molar-refractivity contribution in [3.63, 3.8) is 0 Å². The normalized spacial score (nSPS) is 8.50. The molecule has 0 aliphatic heterocycles. The molecular formula is C10H17N5O. The first-order valence-electron chi connectivity index (χ1n) is 4.64. The van der Waals surface area contributed by atoms with Crippen molar-refractivity contribution in [2.45, 2.75) is 6.92 Å². The lowest BCUT2D eigenvalue weighted by Gasteiger charge is -2.17. The van der Waals surface area contributed by atoms with Gasteiger partial charge in [0.15, 0.2) is 0 Å². The third-order valence-electron chi connectivity index (χ3n) is 1.73. The van der Waals surface area contributed by atoms with Gasteiger partial charge in [0, 0.05) is 0 Å². The van der Waals surface area contributed by atoms with Crippen molar-refractivity contribution >= 4 is 11.5 Å². The van der Waals surface area contributed by atoms with Crippen LogP contribution in [0, 0.1) is 10.9 Å². The van der Waals surface area contributed by atoms with Gasteiger partial charge in [0.05, 0.1) is 7.11 Å². The molecule has 0 atom stereocenters. The average Bonchev–Trinajstić information content (AvgIpc) is 2.33. The maximum absolute atomic E-state index is 7.42. The second-order valence-corrected chi connectivity index (χ2v) is 2.67. The molecule has 1 rings (SSSR count). The molecular weight excluding hydrogens is 206 g/mol. The molecule has 0 aromatic heterocycles. The van der Waals surface area contributed by atoms with Crippen LogP contribution < -0.4 is 15.5 Å². The van der Waals surface area contributed by atoms with Crippen LogP contribution in [0.25, 0.3) is 0 Å². The Hall–Kier alpha value is -1.95. The molecule has 0 heterocycles. The highest BCUT2D eigenvalue weighted by Gasteiger charge is 2.11. The minimum Gasteiger partial charge on any atom is -0.494 e. The van der Waals surface area contributed by atoms with Gasteiger partial charge in [-0.05, 0) is 26.1 Å². The van der Waals surface area contributed by atoms with E-state index in [0.717, 1.165) is 0 Å². The number of ether oxygens (including phenoxy) is 1. The van der Waals surface area contributed by atoms with E-state index in [1.807, 2.05) is 6.07 Å². The van der Waals surface area contributed by atoms with Crippen LogP contribution in [0.15, 0.2) is 29.5 Å². The Morgan fingerprint density at radius 3 is 2.38 bits per heavy atom. The summed E-state index contributed by atoms with van der Waals surface area (Å²) in [6, 6.07) is 7.13. The van der Waals surface area contributed by atoms with Gasteiger partial charge in [0.25, 0.3) is 0 Å². The zero-order valence-corrected chi connectivity index (χ0v) is 9.69. The van der Waals surface area contributed by atoms with Crippen LogP contribution in [0.1, 0.15) is 6.92 Å². The van der Waals surface area contributed by atoms with Crippen LogP contribution in [-0.2, 0) is 0 Å². The molecule has 0 saturated carbocycles. The monoisotopic (exact) mass is 223 g/mol. The van der Waals surface area contributed by atoms with Gasteiger partial charge >= 0.3 is 0 Å². The summed E-state index contributed by atoms with van der Waals surface area (Å²) in [7, 11) is 3.04. The van der Waals surface area contributed by atoms with Crippen LogP contribution in [-0.4, -0.2) is 20.0 Å². The number of rotatable bonds is 3. The smallest absolute Gasteiger partial charge is 0.144 e. The third kappa shape index (κ3) is 3.32. The second kappa shape index (κ2) is 7.36. The quantitative estimate of drug-likeness (QED) is 0.316. The van der Waals surface area contributed by atoms with Crippen molar-refractivity contribution in [1.82, 2.24) is 0 Å². The summed E-state index contributed by atoms with van der Waals surface area (Å²) in [5.74, 6) is 0.764. The first kappa shape index (κ1) is 14.1. The van der Waals surface area contributed by atoms with E-state index in [4.69, 9.17) is 15.7 Å². The Balaban J connectivity index is 0.00000106. The Kier molecular flexibility index (Phi) is 6.46. The van der Waals surface area contributed by atoms with Gasteiger partial charge < -0.3 is 10.5 Å². The highest BCUT2D eigenvalue weighted by molar-refractivity contribution is 5.94. The first-order chi connectivity index (χ1) is 7.70. The molecule has 0 saturated heterocycles. The molecule has 4 N–H and O–H groups in total. The van der Waals surface area contributed by atoms with Crippen molar-refractivity contribution < 1.29 is 4.74 Å². The number of anilines is 1. The molecule has 1 aromatic rings. The number of nitrogens with zero attached hydrogens (tertiary/aromatic N) is 2. The SMILES string of the molecule is CN.COc1ccccc1N(N=N)C(C)=N. The fourth-order valence-corrected chi connectivity index (χ4v) is 1.11. The van der Waals surface area contributed by atoms with Gasteiger partial charge in [-0.3, -0.25) is 5.41 Å². The van der Waals surface area contributed by atoms with E-state index < -0.39 is 0 Å². The fourth-order valence-electron chi connectivity index (χ4n) is 1.11. The predicted octanol–water partition coefficient (Wildman–Crippen LogP) is 2.02. The number of nitrogens with two attached hydrogens (primary N) is 1. The summed E-state index contributed by atoms with van der Waals surface area (Å²) in [4.78, 5) is 0. The maximum atomic E-state index is 7.42. The van der Waals surface area contributed by atoms with E-state index in [1.54, 1.807) is 32.2 Å². The van der Waals surface area contributed by atoms with E-state index in [1.165, 1.54) is 12.1 Å². The van der Waals surface area contributed by atoms with Crippen molar-refractivity contribution in [3.8, 4) is 5.75 Å². The van der Waals surface area contributed by atoms with Crippen LogP contribution in [0.2, 0.25) is 0 Å². The molecule has 0 fully saturated rings. The number of hydrogen-bond donors (Lipinski definition) is 3. The van der Waals surface area contributed by atoms with Crippen molar-refractivity contribution in [2.75, 3.05) is 19.2 Å². The average molecular weight is 223 g/mol. The topological polar surface area (TPSA) is 98.6 Å². The molecule has 0 bridgehead atoms. The van der Waals surface area contributed by atoms with Gasteiger partial charge in [-0.2, -0.15) is 10.5 Å². The highest BCUT2D eigenvalue weighted by atomic mass is 16.5. The van der Waals surface area contributed by atoms with Crippen LogP contribution in [0.4, 0.5) is 5.69 Å². The molecule has 16 heavy (non-hydrogen) atoms. The van der Waals surface area contributed by atoms with Crippen molar-refractivity contribution in [3.05, 3.63) is 24.3 Å². The number of benzene rings is 1. The number of para-hydroxylation sites is 2. The molecule has 88 valence electrons. The summed E-state index contributed by atoms with van der Waals surface area (Å²) in [5, 5.41) is 11.9. The lowest BCUT2D eigenvalue weighted by atomic mass is 10.3. The first-order valence-corrected chi connectivity index (χ1v) is 4.64. The molecule has 0 aliphatic rings. The number of nitrogens with one attached hydrogen (secondary N) is 2. The molecule has 0 spiro atoms. The van der Waals surface area contributed by atoms with Crippen molar-refractivity contribution in [1.29, 1.82) is 10.9 Å². The number of amidine groups is 1. The maximum Gasteiger partial charge on any atom is 0.144 e. The van der Waals surface area contributed by atoms with Gasteiger partial charge in [-0.25, -0.2) is 0 Å². The Bertz CT molecular complexity index is 353. The largest absolute Gasteiger partial charge is 0.494 e. The Morgan fingerprint density at radius 2 is 1.94 bits per heavy atom. The minimum atomic E-state index is 0.171. The van der Waals surface area contributed by atoms with E-state index >= 15 is 0 Å². The Morgan fingerprint density at radius 1 is 1.38 bits per heavy atom. The summed E-state index contributed by atoms with van der Waals surface area (Å²) in [6.07, 6.45) is 0. The summed E-state index contributed by atoms with van der Waals surface area (Å²) in [5.41, 5.74) is 12.0.